The van der Waals surface area contributed by atoms with Crippen molar-refractivity contribution in [3.8, 4) is 0 Å². The number of hydrogen-bond donors (Lipinski definition) is 7. The molecule has 6 rings (SSSR count). The van der Waals surface area contributed by atoms with Gasteiger partial charge in [0, 0.05) is 26.1 Å². The number of ether oxygens (including phenoxy) is 7. The summed E-state index contributed by atoms with van der Waals surface area (Å²) in [6, 6.07) is 29.5. The minimum absolute atomic E-state index is 0.0730. The minimum atomic E-state index is -1.36. The Bertz CT molecular complexity index is 1420. The standard InChI is InChI=1S/C28H32O5.C10H20O3.C7H14O6/c1-20-24(29)26(31-17-21-11-5-2-6-12-21)28(33-19-23-15-9-4-10-16-23)27(25(20)30)32-18-22-13-7-3-8-14-22;1-6-7(2)9(5-11)13-10(12-4)8(6)3;1-12-7-6(11)5(10)4(9)3(2-8)13-7/h2-16,20,24-30H,17-19H2,1H3;6-11H,5H2,1-4H3;3-11H,2H2,1H3/t20?,24-,25?,26?,27?,28?;6-,7-,8?,9?,10-;3?,4-,5+,6?,7+/m101/s1. The summed E-state index contributed by atoms with van der Waals surface area (Å²) in [5.74, 6) is 0.883. The summed E-state index contributed by atoms with van der Waals surface area (Å²) in [6.45, 7) is 8.90. The molecule has 1 saturated carbocycles. The number of rotatable bonds is 13. The van der Waals surface area contributed by atoms with Gasteiger partial charge in [-0.25, -0.2) is 0 Å². The van der Waals surface area contributed by atoms with Crippen molar-refractivity contribution in [1.82, 2.24) is 0 Å². The van der Waals surface area contributed by atoms with Crippen molar-refractivity contribution >= 4 is 0 Å². The lowest BCUT2D eigenvalue weighted by molar-refractivity contribution is -0.294. The van der Waals surface area contributed by atoms with Gasteiger partial charge in [0.05, 0.1) is 51.3 Å². The molecule has 0 aromatic heterocycles. The van der Waals surface area contributed by atoms with E-state index in [9.17, 15) is 25.5 Å². The Hall–Kier alpha value is -2.90. The molecule has 59 heavy (non-hydrogen) atoms. The van der Waals surface area contributed by atoms with Crippen molar-refractivity contribution in [2.75, 3.05) is 27.4 Å². The molecule has 14 heteroatoms. The molecule has 3 aromatic rings. The van der Waals surface area contributed by atoms with E-state index in [1.54, 1.807) is 7.11 Å². The van der Waals surface area contributed by atoms with Crippen LogP contribution in [-0.2, 0) is 53.0 Å². The molecule has 2 saturated heterocycles. The number of hydrogen-bond acceptors (Lipinski definition) is 14. The Labute approximate surface area is 348 Å². The van der Waals surface area contributed by atoms with Crippen LogP contribution in [0.2, 0.25) is 0 Å². The van der Waals surface area contributed by atoms with Crippen LogP contribution in [0.1, 0.15) is 44.4 Å². The molecule has 2 heterocycles. The normalized spacial score (nSPS) is 35.7. The molecule has 3 fully saturated rings. The molecule has 0 amide bonds. The zero-order chi connectivity index (χ0) is 43.1. The fraction of sp³-hybridized carbons (Fsp3) is 0.600. The first kappa shape index (κ1) is 48.8. The average Bonchev–Trinajstić information content (AvgIpc) is 3.27. The first-order valence-corrected chi connectivity index (χ1v) is 20.3. The van der Waals surface area contributed by atoms with Crippen LogP contribution < -0.4 is 0 Å². The van der Waals surface area contributed by atoms with Crippen molar-refractivity contribution in [3.05, 3.63) is 108 Å². The zero-order valence-electron chi connectivity index (χ0n) is 34.9. The van der Waals surface area contributed by atoms with Gasteiger partial charge in [-0.3, -0.25) is 0 Å². The third-order valence-electron chi connectivity index (χ3n) is 11.7. The van der Waals surface area contributed by atoms with E-state index in [1.807, 2.05) is 97.9 Å². The van der Waals surface area contributed by atoms with Gasteiger partial charge >= 0.3 is 0 Å². The largest absolute Gasteiger partial charge is 0.394 e. The maximum absolute atomic E-state index is 11.0. The summed E-state index contributed by atoms with van der Waals surface area (Å²) in [5.41, 5.74) is 3.02. The second-order valence-electron chi connectivity index (χ2n) is 15.6. The van der Waals surface area contributed by atoms with Gasteiger partial charge in [-0.15, -0.1) is 0 Å². The smallest absolute Gasteiger partial charge is 0.186 e. The summed E-state index contributed by atoms with van der Waals surface area (Å²) in [5, 5.41) is 67.7. The van der Waals surface area contributed by atoms with Gasteiger partial charge in [0.15, 0.2) is 12.6 Å². The van der Waals surface area contributed by atoms with Gasteiger partial charge in [0.2, 0.25) is 0 Å². The van der Waals surface area contributed by atoms with Crippen LogP contribution >= 0.6 is 0 Å². The molecule has 0 bridgehead atoms. The summed E-state index contributed by atoms with van der Waals surface area (Å²) < 4.78 is 39.2. The minimum Gasteiger partial charge on any atom is -0.394 e. The zero-order valence-corrected chi connectivity index (χ0v) is 34.9. The number of aliphatic hydroxyl groups excluding tert-OH is 7. The predicted octanol–water partition coefficient (Wildman–Crippen LogP) is 2.81. The number of aliphatic hydroxyl groups is 7. The van der Waals surface area contributed by atoms with Gasteiger partial charge in [-0.1, -0.05) is 119 Å². The molecule has 0 radical (unpaired) electrons. The first-order chi connectivity index (χ1) is 28.4. The summed E-state index contributed by atoms with van der Waals surface area (Å²) >= 11 is 0. The fourth-order valence-corrected chi connectivity index (χ4v) is 7.48. The molecule has 1 aliphatic carbocycles. The van der Waals surface area contributed by atoms with Crippen molar-refractivity contribution in [1.29, 1.82) is 0 Å². The molecular weight excluding hydrogens is 764 g/mol. The van der Waals surface area contributed by atoms with Crippen LogP contribution in [0.5, 0.6) is 0 Å². The van der Waals surface area contributed by atoms with E-state index in [0.29, 0.717) is 37.6 Å². The maximum atomic E-state index is 11.0. The predicted molar refractivity (Wildman–Crippen MR) is 217 cm³/mol. The van der Waals surface area contributed by atoms with Gasteiger partial charge in [-0.2, -0.15) is 0 Å². The van der Waals surface area contributed by atoms with Crippen LogP contribution in [0, 0.1) is 23.7 Å². The fourth-order valence-electron chi connectivity index (χ4n) is 7.48. The van der Waals surface area contributed by atoms with Crippen molar-refractivity contribution in [3.63, 3.8) is 0 Å². The van der Waals surface area contributed by atoms with E-state index in [-0.39, 0.29) is 19.0 Å². The molecule has 330 valence electrons. The van der Waals surface area contributed by atoms with Crippen LogP contribution in [0.4, 0.5) is 0 Å². The van der Waals surface area contributed by atoms with Crippen molar-refractivity contribution in [2.45, 2.75) is 121 Å². The molecule has 9 unspecified atom stereocenters. The lowest BCUT2D eigenvalue weighted by atomic mass is 9.79. The van der Waals surface area contributed by atoms with Crippen molar-refractivity contribution in [2.24, 2.45) is 23.7 Å². The average molecular weight is 831 g/mol. The second-order valence-corrected chi connectivity index (χ2v) is 15.6. The summed E-state index contributed by atoms with van der Waals surface area (Å²) in [6.07, 6.45) is -9.86. The van der Waals surface area contributed by atoms with E-state index in [2.05, 4.69) is 20.8 Å². The Morgan fingerprint density at radius 2 is 0.814 bits per heavy atom. The van der Waals surface area contributed by atoms with Gasteiger partial charge in [0.1, 0.15) is 42.7 Å². The van der Waals surface area contributed by atoms with E-state index < -0.39 is 73.8 Å². The van der Waals surface area contributed by atoms with Crippen LogP contribution in [-0.4, -0.2) is 137 Å². The second kappa shape index (κ2) is 24.5. The molecule has 14 nitrogen and oxygen atoms in total. The third-order valence-corrected chi connectivity index (χ3v) is 11.7. The van der Waals surface area contributed by atoms with Crippen LogP contribution in [0.25, 0.3) is 0 Å². The molecule has 3 aromatic carbocycles. The highest BCUT2D eigenvalue weighted by atomic mass is 16.7. The molecule has 16 atom stereocenters. The monoisotopic (exact) mass is 830 g/mol. The third kappa shape index (κ3) is 13.3. The highest BCUT2D eigenvalue weighted by Crippen LogP contribution is 2.35. The topological polar surface area (TPSA) is 206 Å². The maximum Gasteiger partial charge on any atom is 0.186 e. The summed E-state index contributed by atoms with van der Waals surface area (Å²) in [7, 11) is 2.95. The van der Waals surface area contributed by atoms with E-state index in [0.717, 1.165) is 16.7 Å². The van der Waals surface area contributed by atoms with Crippen LogP contribution in [0.3, 0.4) is 0 Å². The highest BCUT2D eigenvalue weighted by Gasteiger charge is 2.50. The Balaban J connectivity index is 0.000000242. The molecule has 0 spiro atoms. The summed E-state index contributed by atoms with van der Waals surface area (Å²) in [4.78, 5) is 0. The molecule has 3 aliphatic rings. The van der Waals surface area contributed by atoms with Gasteiger partial charge in [0.25, 0.3) is 0 Å². The Morgan fingerprint density at radius 3 is 1.20 bits per heavy atom. The molecular formula is C45H66O14. The molecule has 7 N–H and O–H groups in total. The quantitative estimate of drug-likeness (QED) is 0.132. The molecule has 2 aliphatic heterocycles. The SMILES string of the molecule is CC1C(O)C(OCc2ccccc2)C(OCc2ccccc2)C(OCc2ccccc2)[C@@H]1O.CO[C@H]1OC(CO)[C@@H](C)[C@H](C)C1C.CO[C@H]1OC(CO)[C@@H](O)[C@H](O)C1O. The van der Waals surface area contributed by atoms with Gasteiger partial charge in [-0.05, 0) is 28.5 Å². The van der Waals surface area contributed by atoms with E-state index in [4.69, 9.17) is 43.4 Å². The van der Waals surface area contributed by atoms with Crippen molar-refractivity contribution < 1.29 is 68.9 Å². The Kier molecular flexibility index (Phi) is 20.3. The number of benzene rings is 3. The highest BCUT2D eigenvalue weighted by molar-refractivity contribution is 5.16. The Morgan fingerprint density at radius 1 is 0.424 bits per heavy atom. The van der Waals surface area contributed by atoms with Crippen LogP contribution in [0.15, 0.2) is 91.0 Å². The first-order valence-electron chi connectivity index (χ1n) is 20.3. The van der Waals surface area contributed by atoms with E-state index >= 15 is 0 Å². The van der Waals surface area contributed by atoms with Gasteiger partial charge < -0.3 is 68.9 Å². The lowest BCUT2D eigenvalue weighted by Crippen LogP contribution is -2.62. The number of methoxy groups -OCH3 is 2. The van der Waals surface area contributed by atoms with E-state index in [1.165, 1.54) is 7.11 Å². The lowest BCUT2D eigenvalue weighted by Gasteiger charge is -2.46.